The summed E-state index contributed by atoms with van der Waals surface area (Å²) < 4.78 is 11.4. The van der Waals surface area contributed by atoms with Gasteiger partial charge in [0.2, 0.25) is 0 Å². The van der Waals surface area contributed by atoms with Crippen molar-refractivity contribution in [3.8, 4) is 0 Å². The highest BCUT2D eigenvalue weighted by Gasteiger charge is 2.49. The van der Waals surface area contributed by atoms with Gasteiger partial charge in [-0.25, -0.2) is 4.79 Å². The lowest BCUT2D eigenvalue weighted by Gasteiger charge is -2.23. The minimum Gasteiger partial charge on any atom is -0.444 e. The number of carbonyl (C=O) groups is 1. The van der Waals surface area contributed by atoms with Crippen molar-refractivity contribution in [1.82, 2.24) is 5.32 Å². The van der Waals surface area contributed by atoms with E-state index in [0.29, 0.717) is 6.42 Å². The van der Waals surface area contributed by atoms with Crippen LogP contribution in [-0.4, -0.2) is 41.7 Å². The molecule has 5 nitrogen and oxygen atoms in total. The van der Waals surface area contributed by atoms with Gasteiger partial charge in [0.25, 0.3) is 0 Å². The number of carbonyl (C=O) groups excluding carboxylic acids is 1. The summed E-state index contributed by atoms with van der Waals surface area (Å²) in [5, 5.41) is 12.9. The first-order valence-corrected chi connectivity index (χ1v) is 10.2. The predicted molar refractivity (Wildman–Crippen MR) is 113 cm³/mol. The van der Waals surface area contributed by atoms with Gasteiger partial charge in [-0.15, -0.1) is 0 Å². The summed E-state index contributed by atoms with van der Waals surface area (Å²) in [7, 11) is 0. The molecule has 1 amide bonds. The lowest BCUT2D eigenvalue weighted by molar-refractivity contribution is 0.0495. The Morgan fingerprint density at radius 2 is 1.55 bits per heavy atom. The standard InChI is InChI=1S/C24H31NO4/c1-24(2,3)29-23(27)25-20(15-18-12-8-5-9-13-18)22-21(28-22)19(16-26)14-17-10-6-4-7-11-17/h4-13,19-22,26H,14-16H2,1-3H3,(H,25,27)/t19-,20+,21+,22+/m1/s1. The first kappa shape index (κ1) is 21.3. The number of rotatable bonds is 8. The third-order valence-corrected chi connectivity index (χ3v) is 5.00. The highest BCUT2D eigenvalue weighted by atomic mass is 16.6. The topological polar surface area (TPSA) is 71.1 Å². The van der Waals surface area contributed by atoms with Crippen molar-refractivity contribution < 1.29 is 19.4 Å². The molecule has 0 unspecified atom stereocenters. The Morgan fingerprint density at radius 1 is 1.00 bits per heavy atom. The summed E-state index contributed by atoms with van der Waals surface area (Å²) in [6.07, 6.45) is 0.692. The van der Waals surface area contributed by atoms with Crippen LogP contribution in [0, 0.1) is 5.92 Å². The molecule has 2 N–H and O–H groups in total. The largest absolute Gasteiger partial charge is 0.444 e. The van der Waals surface area contributed by atoms with Gasteiger partial charge in [-0.3, -0.25) is 0 Å². The van der Waals surface area contributed by atoms with E-state index in [-0.39, 0.29) is 30.8 Å². The molecule has 0 aromatic heterocycles. The number of aliphatic hydroxyl groups is 1. The maximum Gasteiger partial charge on any atom is 0.407 e. The Morgan fingerprint density at radius 3 is 2.07 bits per heavy atom. The average Bonchev–Trinajstić information content (AvgIpc) is 3.46. The van der Waals surface area contributed by atoms with Crippen LogP contribution in [0.1, 0.15) is 31.9 Å². The molecule has 2 aromatic carbocycles. The van der Waals surface area contributed by atoms with Gasteiger partial charge in [0.1, 0.15) is 11.7 Å². The molecule has 4 atom stereocenters. The summed E-state index contributed by atoms with van der Waals surface area (Å²) in [6, 6.07) is 19.9. The molecule has 2 aromatic rings. The van der Waals surface area contributed by atoms with Gasteiger partial charge < -0.3 is 19.9 Å². The second-order valence-corrected chi connectivity index (χ2v) is 8.64. The van der Waals surface area contributed by atoms with E-state index in [9.17, 15) is 9.90 Å². The zero-order valence-electron chi connectivity index (χ0n) is 17.4. The van der Waals surface area contributed by atoms with Crippen LogP contribution in [0.15, 0.2) is 60.7 Å². The molecule has 156 valence electrons. The molecule has 0 aliphatic carbocycles. The Kier molecular flexibility index (Phi) is 6.93. The summed E-state index contributed by atoms with van der Waals surface area (Å²) in [5.41, 5.74) is 1.72. The van der Waals surface area contributed by atoms with Crippen molar-refractivity contribution in [2.45, 2.75) is 57.5 Å². The van der Waals surface area contributed by atoms with Crippen molar-refractivity contribution in [2.24, 2.45) is 5.92 Å². The monoisotopic (exact) mass is 397 g/mol. The molecule has 1 heterocycles. The van der Waals surface area contributed by atoms with E-state index in [1.807, 2.05) is 69.3 Å². The molecule has 0 bridgehead atoms. The van der Waals surface area contributed by atoms with Gasteiger partial charge in [0.15, 0.2) is 0 Å². The number of epoxide rings is 1. The first-order chi connectivity index (χ1) is 13.9. The van der Waals surface area contributed by atoms with Gasteiger partial charge in [0.05, 0.1) is 12.1 Å². The molecule has 1 aliphatic rings. The number of hydrogen-bond acceptors (Lipinski definition) is 4. The van der Waals surface area contributed by atoms with E-state index in [1.54, 1.807) is 0 Å². The number of amides is 1. The molecule has 1 saturated heterocycles. The second kappa shape index (κ2) is 9.42. The zero-order valence-corrected chi connectivity index (χ0v) is 17.4. The van der Waals surface area contributed by atoms with E-state index < -0.39 is 11.7 Å². The first-order valence-electron chi connectivity index (χ1n) is 10.2. The minimum atomic E-state index is -0.563. The molecule has 0 spiro atoms. The Hall–Kier alpha value is -2.37. The highest BCUT2D eigenvalue weighted by Crippen LogP contribution is 2.35. The van der Waals surface area contributed by atoms with E-state index >= 15 is 0 Å². The van der Waals surface area contributed by atoms with E-state index in [1.165, 1.54) is 5.56 Å². The molecule has 0 radical (unpaired) electrons. The highest BCUT2D eigenvalue weighted by molar-refractivity contribution is 5.68. The van der Waals surface area contributed by atoms with Crippen LogP contribution in [0.4, 0.5) is 4.79 Å². The molecular weight excluding hydrogens is 366 g/mol. The van der Waals surface area contributed by atoms with E-state index in [4.69, 9.17) is 9.47 Å². The lowest BCUT2D eigenvalue weighted by atomic mass is 9.92. The molecule has 3 rings (SSSR count). The minimum absolute atomic E-state index is 0.0129. The zero-order chi connectivity index (χ0) is 20.9. The van der Waals surface area contributed by atoms with Gasteiger partial charge in [-0.2, -0.15) is 0 Å². The number of nitrogens with one attached hydrogen (secondary N) is 1. The van der Waals surface area contributed by atoms with Crippen LogP contribution in [0.2, 0.25) is 0 Å². The van der Waals surface area contributed by atoms with Gasteiger partial charge in [0, 0.05) is 12.5 Å². The molecule has 5 heteroatoms. The van der Waals surface area contributed by atoms with Crippen molar-refractivity contribution >= 4 is 6.09 Å². The fraction of sp³-hybridized carbons (Fsp3) is 0.458. The predicted octanol–water partition coefficient (Wildman–Crippen LogP) is 3.74. The van der Waals surface area contributed by atoms with Gasteiger partial charge >= 0.3 is 6.09 Å². The third-order valence-electron chi connectivity index (χ3n) is 5.00. The van der Waals surface area contributed by atoms with Crippen LogP contribution in [0.25, 0.3) is 0 Å². The number of hydrogen-bond donors (Lipinski definition) is 2. The molecule has 1 fully saturated rings. The normalized spacial score (nSPS) is 20.6. The summed E-state index contributed by atoms with van der Waals surface area (Å²) >= 11 is 0. The number of aliphatic hydroxyl groups excluding tert-OH is 1. The van der Waals surface area contributed by atoms with Crippen LogP contribution >= 0.6 is 0 Å². The van der Waals surface area contributed by atoms with Crippen LogP contribution in [0.3, 0.4) is 0 Å². The average molecular weight is 398 g/mol. The van der Waals surface area contributed by atoms with Crippen molar-refractivity contribution in [3.63, 3.8) is 0 Å². The van der Waals surface area contributed by atoms with Crippen LogP contribution in [0.5, 0.6) is 0 Å². The van der Waals surface area contributed by atoms with Crippen LogP contribution in [-0.2, 0) is 22.3 Å². The molecule has 29 heavy (non-hydrogen) atoms. The molecule has 0 saturated carbocycles. The summed E-state index contributed by atoms with van der Waals surface area (Å²) in [5.74, 6) is -0.0129. The van der Waals surface area contributed by atoms with Crippen molar-refractivity contribution in [1.29, 1.82) is 0 Å². The SMILES string of the molecule is CC(C)(C)OC(=O)N[C@@H](Cc1ccccc1)[C@@H]1O[C@H]1[C@@H](CO)Cc1ccccc1. The Balaban J connectivity index is 1.68. The van der Waals surface area contributed by atoms with E-state index in [2.05, 4.69) is 17.4 Å². The second-order valence-electron chi connectivity index (χ2n) is 8.64. The van der Waals surface area contributed by atoms with Crippen LogP contribution < -0.4 is 5.32 Å². The quantitative estimate of drug-likeness (QED) is 0.666. The smallest absolute Gasteiger partial charge is 0.407 e. The Labute approximate surface area is 173 Å². The Bertz CT molecular complexity index is 772. The van der Waals surface area contributed by atoms with Crippen molar-refractivity contribution in [3.05, 3.63) is 71.8 Å². The maximum absolute atomic E-state index is 12.4. The fourth-order valence-electron chi connectivity index (χ4n) is 3.62. The number of ether oxygens (including phenoxy) is 2. The van der Waals surface area contributed by atoms with Crippen molar-refractivity contribution in [2.75, 3.05) is 6.61 Å². The summed E-state index contributed by atoms with van der Waals surface area (Å²) in [4.78, 5) is 12.4. The number of benzene rings is 2. The fourth-order valence-corrected chi connectivity index (χ4v) is 3.62. The summed E-state index contributed by atoms with van der Waals surface area (Å²) in [6.45, 7) is 5.57. The van der Waals surface area contributed by atoms with E-state index in [0.717, 1.165) is 12.0 Å². The maximum atomic E-state index is 12.4. The number of alkyl carbamates (subject to hydrolysis) is 1. The van der Waals surface area contributed by atoms with Gasteiger partial charge in [-0.1, -0.05) is 60.7 Å². The third kappa shape index (κ3) is 6.58. The van der Waals surface area contributed by atoms with Gasteiger partial charge in [-0.05, 0) is 44.7 Å². The molecular formula is C24H31NO4. The molecule has 1 aliphatic heterocycles. The lowest BCUT2D eigenvalue weighted by Crippen LogP contribution is -2.44.